The largest absolute Gasteiger partial charge is 0.342 e. The van der Waals surface area contributed by atoms with E-state index >= 15 is 0 Å². The minimum Gasteiger partial charge on any atom is -0.342 e. The number of rotatable bonds is 3. The molecule has 0 atom stereocenters. The van der Waals surface area contributed by atoms with E-state index in [1.54, 1.807) is 6.20 Å². The number of tetrazole rings is 1. The van der Waals surface area contributed by atoms with Crippen LogP contribution in [0.2, 0.25) is 5.02 Å². The van der Waals surface area contributed by atoms with Crippen molar-refractivity contribution >= 4 is 22.5 Å². The Morgan fingerprint density at radius 2 is 1.88 bits per heavy atom. The highest BCUT2D eigenvalue weighted by Crippen LogP contribution is 2.18. The Bertz CT molecular complexity index is 1050. The van der Waals surface area contributed by atoms with Gasteiger partial charge in [-0.05, 0) is 40.3 Å². The molecule has 1 N–H and O–H groups in total. The van der Waals surface area contributed by atoms with Crippen LogP contribution in [0.25, 0.3) is 22.3 Å². The van der Waals surface area contributed by atoms with Gasteiger partial charge in [-0.3, -0.25) is 4.79 Å². The summed E-state index contributed by atoms with van der Waals surface area (Å²) in [5.74, 6) is 0.357. The number of benzene rings is 2. The number of nitrogens with zero attached hydrogens (tertiary/aromatic N) is 4. The van der Waals surface area contributed by atoms with E-state index in [0.29, 0.717) is 28.3 Å². The number of halogens is 1. The number of aromatic amines is 1. The van der Waals surface area contributed by atoms with Gasteiger partial charge in [0.1, 0.15) is 0 Å². The first-order chi connectivity index (χ1) is 11.7. The molecule has 118 valence electrons. The molecular formula is C17H12ClN5O. The van der Waals surface area contributed by atoms with Gasteiger partial charge in [-0.25, -0.2) is 5.10 Å². The quantitative estimate of drug-likeness (QED) is 0.623. The maximum absolute atomic E-state index is 12.7. The standard InChI is InChI=1S/C17H12ClN5O/c18-12-7-5-11(6-8-12)9-23-10-14(17-19-21-22-20-17)16(24)13-3-1-2-4-15(13)23/h1-8,10H,9H2,(H,19,20,21,22). The van der Waals surface area contributed by atoms with Gasteiger partial charge in [0.15, 0.2) is 11.3 Å². The van der Waals surface area contributed by atoms with Crippen molar-refractivity contribution in [2.24, 2.45) is 0 Å². The third-order valence-electron chi connectivity index (χ3n) is 3.85. The average molecular weight is 338 g/mol. The third kappa shape index (κ3) is 2.57. The molecule has 4 rings (SSSR count). The normalized spacial score (nSPS) is 11.0. The molecule has 7 heteroatoms. The Morgan fingerprint density at radius 1 is 1.08 bits per heavy atom. The number of pyridine rings is 1. The molecule has 0 unspecified atom stereocenters. The fourth-order valence-electron chi connectivity index (χ4n) is 2.70. The number of aromatic nitrogens is 5. The van der Waals surface area contributed by atoms with Gasteiger partial charge in [0.05, 0.1) is 11.1 Å². The lowest BCUT2D eigenvalue weighted by Gasteiger charge is -2.13. The molecule has 0 fully saturated rings. The van der Waals surface area contributed by atoms with Gasteiger partial charge in [0, 0.05) is 23.2 Å². The summed E-state index contributed by atoms with van der Waals surface area (Å²) in [6, 6.07) is 15.1. The van der Waals surface area contributed by atoms with Crippen molar-refractivity contribution in [2.75, 3.05) is 0 Å². The summed E-state index contributed by atoms with van der Waals surface area (Å²) in [4.78, 5) is 12.7. The number of H-pyrrole nitrogens is 1. The molecule has 0 aliphatic rings. The molecule has 2 aromatic carbocycles. The first-order valence-electron chi connectivity index (χ1n) is 7.33. The first kappa shape index (κ1) is 14.6. The minimum absolute atomic E-state index is 0.100. The number of hydrogen-bond donors (Lipinski definition) is 1. The molecule has 4 aromatic rings. The van der Waals surface area contributed by atoms with Crippen LogP contribution in [-0.2, 0) is 6.54 Å². The van der Waals surface area contributed by atoms with Gasteiger partial charge in [-0.2, -0.15) is 0 Å². The zero-order valence-corrected chi connectivity index (χ0v) is 13.2. The Hall–Kier alpha value is -2.99. The summed E-state index contributed by atoms with van der Waals surface area (Å²) >= 11 is 5.95. The van der Waals surface area contributed by atoms with Gasteiger partial charge in [-0.1, -0.05) is 35.9 Å². The maximum atomic E-state index is 12.7. The molecule has 0 spiro atoms. The van der Waals surface area contributed by atoms with Crippen LogP contribution in [0.5, 0.6) is 0 Å². The van der Waals surface area contributed by atoms with E-state index in [-0.39, 0.29) is 5.43 Å². The predicted octanol–water partition coefficient (Wildman–Crippen LogP) is 2.88. The summed E-state index contributed by atoms with van der Waals surface area (Å²) in [5.41, 5.74) is 2.27. The molecule has 0 saturated carbocycles. The van der Waals surface area contributed by atoms with Crippen molar-refractivity contribution < 1.29 is 0 Å². The van der Waals surface area contributed by atoms with E-state index in [2.05, 4.69) is 20.6 Å². The lowest BCUT2D eigenvalue weighted by molar-refractivity contribution is 0.826. The first-order valence-corrected chi connectivity index (χ1v) is 7.71. The molecule has 0 bridgehead atoms. The lowest BCUT2D eigenvalue weighted by atomic mass is 10.1. The minimum atomic E-state index is -0.100. The highest BCUT2D eigenvalue weighted by molar-refractivity contribution is 6.30. The molecule has 24 heavy (non-hydrogen) atoms. The molecule has 0 saturated heterocycles. The Labute approximate surface area is 141 Å². The van der Waals surface area contributed by atoms with Crippen molar-refractivity contribution in [3.05, 3.63) is 75.5 Å². The highest BCUT2D eigenvalue weighted by Gasteiger charge is 2.13. The number of fused-ring (bicyclic) bond motifs is 1. The van der Waals surface area contributed by atoms with Crippen LogP contribution in [0.1, 0.15) is 5.56 Å². The van der Waals surface area contributed by atoms with Crippen LogP contribution in [-0.4, -0.2) is 25.2 Å². The fraction of sp³-hybridized carbons (Fsp3) is 0.0588. The second-order valence-corrected chi connectivity index (χ2v) is 5.83. The number of para-hydroxylation sites is 1. The third-order valence-corrected chi connectivity index (χ3v) is 4.11. The van der Waals surface area contributed by atoms with E-state index in [1.165, 1.54) is 0 Å². The molecule has 0 radical (unpaired) electrons. The van der Waals surface area contributed by atoms with Crippen LogP contribution in [0.3, 0.4) is 0 Å². The zero-order chi connectivity index (χ0) is 16.5. The van der Waals surface area contributed by atoms with E-state index in [4.69, 9.17) is 11.6 Å². The highest BCUT2D eigenvalue weighted by atomic mass is 35.5. The molecule has 2 heterocycles. The topological polar surface area (TPSA) is 76.5 Å². The molecule has 0 amide bonds. The number of nitrogens with one attached hydrogen (secondary N) is 1. The zero-order valence-electron chi connectivity index (χ0n) is 12.5. The van der Waals surface area contributed by atoms with E-state index in [0.717, 1.165) is 11.1 Å². The molecule has 6 nitrogen and oxygen atoms in total. The average Bonchev–Trinajstić information content (AvgIpc) is 3.14. The van der Waals surface area contributed by atoms with Crippen LogP contribution in [0.15, 0.2) is 59.5 Å². The van der Waals surface area contributed by atoms with Crippen LogP contribution >= 0.6 is 11.6 Å². The summed E-state index contributed by atoms with van der Waals surface area (Å²) in [6.07, 6.45) is 1.78. The van der Waals surface area contributed by atoms with Crippen LogP contribution in [0.4, 0.5) is 0 Å². The van der Waals surface area contributed by atoms with Gasteiger partial charge >= 0.3 is 0 Å². The SMILES string of the molecule is O=c1c(-c2nnn[nH]2)cn(Cc2ccc(Cl)cc2)c2ccccc12. The fourth-order valence-corrected chi connectivity index (χ4v) is 2.83. The molecular weight excluding hydrogens is 326 g/mol. The van der Waals surface area contributed by atoms with Crippen LogP contribution < -0.4 is 5.43 Å². The van der Waals surface area contributed by atoms with Gasteiger partial charge in [0.2, 0.25) is 0 Å². The molecule has 2 aromatic heterocycles. The van der Waals surface area contributed by atoms with Crippen molar-refractivity contribution in [1.29, 1.82) is 0 Å². The predicted molar refractivity (Wildman–Crippen MR) is 91.9 cm³/mol. The summed E-state index contributed by atoms with van der Waals surface area (Å²) < 4.78 is 2.01. The van der Waals surface area contributed by atoms with Gasteiger partial charge in [0.25, 0.3) is 0 Å². The Morgan fingerprint density at radius 3 is 2.62 bits per heavy atom. The van der Waals surface area contributed by atoms with E-state index in [9.17, 15) is 4.79 Å². The van der Waals surface area contributed by atoms with Gasteiger partial charge in [-0.15, -0.1) is 5.10 Å². The lowest BCUT2D eigenvalue weighted by Crippen LogP contribution is -2.13. The molecule has 0 aliphatic carbocycles. The monoisotopic (exact) mass is 337 g/mol. The maximum Gasteiger partial charge on any atom is 0.200 e. The second kappa shape index (κ2) is 5.90. The smallest absolute Gasteiger partial charge is 0.200 e. The summed E-state index contributed by atoms with van der Waals surface area (Å²) in [7, 11) is 0. The van der Waals surface area contributed by atoms with Crippen molar-refractivity contribution in [3.8, 4) is 11.4 Å². The van der Waals surface area contributed by atoms with Crippen LogP contribution in [0, 0.1) is 0 Å². The summed E-state index contributed by atoms with van der Waals surface area (Å²) in [6.45, 7) is 0.604. The number of hydrogen-bond acceptors (Lipinski definition) is 4. The van der Waals surface area contributed by atoms with Crippen molar-refractivity contribution in [2.45, 2.75) is 6.54 Å². The molecule has 0 aliphatic heterocycles. The summed E-state index contributed by atoms with van der Waals surface area (Å²) in [5, 5.41) is 15.0. The Balaban J connectivity index is 1.92. The van der Waals surface area contributed by atoms with Gasteiger partial charge < -0.3 is 4.57 Å². The van der Waals surface area contributed by atoms with E-state index < -0.39 is 0 Å². The van der Waals surface area contributed by atoms with Crippen molar-refractivity contribution in [1.82, 2.24) is 25.2 Å². The second-order valence-electron chi connectivity index (χ2n) is 5.39. The van der Waals surface area contributed by atoms with Crippen molar-refractivity contribution in [3.63, 3.8) is 0 Å². The Kier molecular flexibility index (Phi) is 3.59. The van der Waals surface area contributed by atoms with E-state index in [1.807, 2.05) is 53.1 Å².